The number of ether oxygens (including phenoxy) is 2. The summed E-state index contributed by atoms with van der Waals surface area (Å²) in [6.07, 6.45) is 4.02. The number of nitrogens with two attached hydrogens (primary N) is 1. The molecule has 0 spiro atoms. The molecule has 0 radical (unpaired) electrons. The van der Waals surface area contributed by atoms with Gasteiger partial charge in [0.05, 0.1) is 26.3 Å². The van der Waals surface area contributed by atoms with Gasteiger partial charge in [-0.1, -0.05) is 24.3 Å². The molecule has 3 aromatic rings. The summed E-state index contributed by atoms with van der Waals surface area (Å²) in [7, 11) is 3.28. The van der Waals surface area contributed by atoms with Crippen LogP contribution < -0.4 is 15.2 Å². The van der Waals surface area contributed by atoms with Gasteiger partial charge in [0.2, 0.25) is 11.9 Å². The van der Waals surface area contributed by atoms with Gasteiger partial charge in [0.1, 0.15) is 11.5 Å². The second-order valence-electron chi connectivity index (χ2n) is 7.96. The van der Waals surface area contributed by atoms with Gasteiger partial charge in [-0.05, 0) is 48.2 Å². The molecule has 0 unspecified atom stereocenters. The SMILES string of the molecule is COc1ccc(CC(=O)N2CCC[C@@H](c3nc(N)ncc3-c3ccc(OC)cc3)C2)cc1. The van der Waals surface area contributed by atoms with E-state index in [0.29, 0.717) is 13.0 Å². The van der Waals surface area contributed by atoms with Crippen LogP contribution in [0.5, 0.6) is 11.5 Å². The van der Waals surface area contributed by atoms with Crippen LogP contribution in [0.3, 0.4) is 0 Å². The van der Waals surface area contributed by atoms with Gasteiger partial charge in [-0.2, -0.15) is 0 Å². The first kappa shape index (κ1) is 21.6. The monoisotopic (exact) mass is 432 g/mol. The van der Waals surface area contributed by atoms with Crippen LogP contribution in [0.1, 0.15) is 30.0 Å². The molecule has 2 aromatic carbocycles. The van der Waals surface area contributed by atoms with E-state index in [9.17, 15) is 4.79 Å². The van der Waals surface area contributed by atoms with Crippen LogP contribution >= 0.6 is 0 Å². The van der Waals surface area contributed by atoms with E-state index in [-0.39, 0.29) is 17.8 Å². The van der Waals surface area contributed by atoms with E-state index < -0.39 is 0 Å². The molecule has 2 heterocycles. The molecule has 1 aromatic heterocycles. The minimum absolute atomic E-state index is 0.103. The molecule has 166 valence electrons. The molecule has 1 fully saturated rings. The van der Waals surface area contributed by atoms with Crippen molar-refractivity contribution in [3.05, 3.63) is 66.0 Å². The lowest BCUT2D eigenvalue weighted by molar-refractivity contribution is -0.131. The highest BCUT2D eigenvalue weighted by molar-refractivity contribution is 5.79. The second kappa shape index (κ2) is 9.68. The van der Waals surface area contributed by atoms with Gasteiger partial charge in [-0.15, -0.1) is 0 Å². The summed E-state index contributed by atoms with van der Waals surface area (Å²) in [6.45, 7) is 1.37. The lowest BCUT2D eigenvalue weighted by Gasteiger charge is -2.33. The Hall–Kier alpha value is -3.61. The highest BCUT2D eigenvalue weighted by atomic mass is 16.5. The standard InChI is InChI=1S/C25H28N4O3/c1-31-20-9-5-17(6-10-20)14-23(30)29-13-3-4-19(16-29)24-22(15-27-25(26)28-24)18-7-11-21(32-2)12-8-18/h5-12,15,19H,3-4,13-14,16H2,1-2H3,(H2,26,27,28)/t19-/m1/s1. The largest absolute Gasteiger partial charge is 0.497 e. The zero-order valence-electron chi connectivity index (χ0n) is 18.5. The number of carbonyl (C=O) groups is 1. The first-order valence-electron chi connectivity index (χ1n) is 10.7. The van der Waals surface area contributed by atoms with E-state index in [4.69, 9.17) is 15.2 Å². The number of anilines is 1. The molecular weight excluding hydrogens is 404 g/mol. The van der Waals surface area contributed by atoms with Gasteiger partial charge in [-0.3, -0.25) is 4.79 Å². The number of amides is 1. The van der Waals surface area contributed by atoms with E-state index in [2.05, 4.69) is 9.97 Å². The number of carbonyl (C=O) groups excluding carboxylic acids is 1. The van der Waals surface area contributed by atoms with Gasteiger partial charge in [0.25, 0.3) is 0 Å². The number of methoxy groups -OCH3 is 2. The highest BCUT2D eigenvalue weighted by Gasteiger charge is 2.28. The zero-order valence-corrected chi connectivity index (χ0v) is 18.5. The van der Waals surface area contributed by atoms with Crippen molar-refractivity contribution in [2.75, 3.05) is 33.0 Å². The fourth-order valence-electron chi connectivity index (χ4n) is 4.17. The number of nitrogen functional groups attached to an aromatic ring is 1. The number of rotatable bonds is 6. The number of hydrogen-bond donors (Lipinski definition) is 1. The number of nitrogens with zero attached hydrogens (tertiary/aromatic N) is 3. The highest BCUT2D eigenvalue weighted by Crippen LogP contribution is 2.34. The number of aromatic nitrogens is 2. The predicted octanol–water partition coefficient (Wildman–Crippen LogP) is 3.69. The lowest BCUT2D eigenvalue weighted by Crippen LogP contribution is -2.40. The first-order valence-corrected chi connectivity index (χ1v) is 10.7. The molecule has 1 aliphatic rings. The van der Waals surface area contributed by atoms with Crippen LogP contribution in [0.2, 0.25) is 0 Å². The molecule has 7 heteroatoms. The average molecular weight is 433 g/mol. The minimum atomic E-state index is 0.103. The summed E-state index contributed by atoms with van der Waals surface area (Å²) in [5.41, 5.74) is 9.76. The summed E-state index contributed by atoms with van der Waals surface area (Å²) in [4.78, 5) is 23.8. The van der Waals surface area contributed by atoms with Gasteiger partial charge in [0, 0.05) is 30.8 Å². The van der Waals surface area contributed by atoms with Gasteiger partial charge in [0.15, 0.2) is 0 Å². The van der Waals surface area contributed by atoms with E-state index in [0.717, 1.165) is 53.3 Å². The summed E-state index contributed by atoms with van der Waals surface area (Å²) in [5, 5.41) is 0. The van der Waals surface area contributed by atoms with Crippen LogP contribution in [0.25, 0.3) is 11.1 Å². The van der Waals surface area contributed by atoms with Crippen LogP contribution in [-0.2, 0) is 11.2 Å². The molecule has 0 saturated carbocycles. The minimum Gasteiger partial charge on any atom is -0.497 e. The molecule has 32 heavy (non-hydrogen) atoms. The average Bonchev–Trinajstić information content (AvgIpc) is 2.84. The molecule has 1 atom stereocenters. The summed E-state index contributed by atoms with van der Waals surface area (Å²) < 4.78 is 10.5. The van der Waals surface area contributed by atoms with E-state index in [1.54, 1.807) is 20.4 Å². The number of benzene rings is 2. The molecule has 0 aliphatic carbocycles. The van der Waals surface area contributed by atoms with Crippen LogP contribution in [-0.4, -0.2) is 48.1 Å². The quantitative estimate of drug-likeness (QED) is 0.639. The second-order valence-corrected chi connectivity index (χ2v) is 7.96. The third-order valence-electron chi connectivity index (χ3n) is 5.91. The normalized spacial score (nSPS) is 15.9. The Morgan fingerprint density at radius 3 is 2.38 bits per heavy atom. The summed E-state index contributed by atoms with van der Waals surface area (Å²) >= 11 is 0. The van der Waals surface area contributed by atoms with Crippen molar-refractivity contribution in [1.29, 1.82) is 0 Å². The number of likely N-dealkylation sites (tertiary alicyclic amines) is 1. The third kappa shape index (κ3) is 4.82. The molecule has 7 nitrogen and oxygen atoms in total. The fourth-order valence-corrected chi connectivity index (χ4v) is 4.17. The van der Waals surface area contributed by atoms with Crippen molar-refractivity contribution < 1.29 is 14.3 Å². The summed E-state index contributed by atoms with van der Waals surface area (Å²) in [6, 6.07) is 15.5. The molecule has 2 N–H and O–H groups in total. The van der Waals surface area contributed by atoms with Crippen LogP contribution in [0, 0.1) is 0 Å². The zero-order chi connectivity index (χ0) is 22.5. The Morgan fingerprint density at radius 1 is 1.06 bits per heavy atom. The smallest absolute Gasteiger partial charge is 0.227 e. The molecule has 0 bridgehead atoms. The maximum atomic E-state index is 13.0. The molecule has 4 rings (SSSR count). The van der Waals surface area contributed by atoms with Gasteiger partial charge < -0.3 is 20.1 Å². The van der Waals surface area contributed by atoms with Crippen LogP contribution in [0.4, 0.5) is 5.95 Å². The molecular formula is C25H28N4O3. The van der Waals surface area contributed by atoms with Crippen molar-refractivity contribution in [3.63, 3.8) is 0 Å². The Morgan fingerprint density at radius 2 is 1.72 bits per heavy atom. The lowest BCUT2D eigenvalue weighted by atomic mass is 9.89. The molecule has 1 amide bonds. The van der Waals surface area contributed by atoms with Crippen molar-refractivity contribution in [1.82, 2.24) is 14.9 Å². The van der Waals surface area contributed by atoms with E-state index >= 15 is 0 Å². The fraction of sp³-hybridized carbons (Fsp3) is 0.320. The number of hydrogen-bond acceptors (Lipinski definition) is 6. The van der Waals surface area contributed by atoms with Crippen molar-refractivity contribution in [2.45, 2.75) is 25.2 Å². The van der Waals surface area contributed by atoms with Crippen LogP contribution in [0.15, 0.2) is 54.7 Å². The maximum Gasteiger partial charge on any atom is 0.227 e. The van der Waals surface area contributed by atoms with Gasteiger partial charge >= 0.3 is 0 Å². The van der Waals surface area contributed by atoms with Crippen molar-refractivity contribution >= 4 is 11.9 Å². The molecule has 1 saturated heterocycles. The maximum absolute atomic E-state index is 13.0. The van der Waals surface area contributed by atoms with Crippen molar-refractivity contribution in [2.24, 2.45) is 0 Å². The van der Waals surface area contributed by atoms with Gasteiger partial charge in [-0.25, -0.2) is 9.97 Å². The Labute approximate surface area is 188 Å². The number of piperidine rings is 1. The Bertz CT molecular complexity index is 1070. The topological polar surface area (TPSA) is 90.6 Å². The van der Waals surface area contributed by atoms with Crippen molar-refractivity contribution in [3.8, 4) is 22.6 Å². The Kier molecular flexibility index (Phi) is 6.54. The Balaban J connectivity index is 1.53. The molecule has 1 aliphatic heterocycles. The third-order valence-corrected chi connectivity index (χ3v) is 5.91. The predicted molar refractivity (Wildman–Crippen MR) is 124 cm³/mol. The van der Waals surface area contributed by atoms with E-state index in [1.807, 2.05) is 53.4 Å². The van der Waals surface area contributed by atoms with E-state index in [1.165, 1.54) is 0 Å². The first-order chi connectivity index (χ1) is 15.6. The summed E-state index contributed by atoms with van der Waals surface area (Å²) in [5.74, 6) is 2.05.